The Morgan fingerprint density at radius 1 is 1.31 bits per heavy atom. The van der Waals surface area contributed by atoms with E-state index in [1.807, 2.05) is 6.20 Å². The van der Waals surface area contributed by atoms with Crippen molar-refractivity contribution in [2.45, 2.75) is 0 Å². The Bertz CT molecular complexity index is 389. The summed E-state index contributed by atoms with van der Waals surface area (Å²) in [5, 5.41) is 2.17. The molecule has 0 bridgehead atoms. The molecule has 0 N–H and O–H groups in total. The molecule has 0 amide bonds. The molecule has 1 unspecified atom stereocenters. The Morgan fingerprint density at radius 2 is 2.15 bits per heavy atom. The highest BCUT2D eigenvalue weighted by atomic mass is 127. The maximum absolute atomic E-state index is 4.26. The van der Waals surface area contributed by atoms with Gasteiger partial charge < -0.3 is 0 Å². The summed E-state index contributed by atoms with van der Waals surface area (Å²) >= 11 is 4.30. The standard InChI is InChI=1S/C8H7I2N2S/c9-7-3-1-2-5-12(7)13-6-4-11-8(13)10/h1-6,13H/q+1. The smallest absolute Gasteiger partial charge is 0.239 e. The van der Waals surface area contributed by atoms with Crippen LogP contribution in [0.1, 0.15) is 0 Å². The zero-order chi connectivity index (χ0) is 9.26. The number of halogens is 2. The van der Waals surface area contributed by atoms with Crippen molar-refractivity contribution in [2.24, 2.45) is 4.99 Å². The van der Waals surface area contributed by atoms with Crippen molar-refractivity contribution in [3.05, 3.63) is 39.7 Å². The Balaban J connectivity index is 2.42. The van der Waals surface area contributed by atoms with Crippen LogP contribution in [-0.2, 0) is 0 Å². The predicted octanol–water partition coefficient (Wildman–Crippen LogP) is 2.62. The van der Waals surface area contributed by atoms with Crippen LogP contribution in [0.5, 0.6) is 0 Å². The van der Waals surface area contributed by atoms with Crippen LogP contribution < -0.4 is 3.97 Å². The van der Waals surface area contributed by atoms with E-state index in [2.05, 4.69) is 84.0 Å². The second-order valence-electron chi connectivity index (χ2n) is 2.41. The van der Waals surface area contributed by atoms with Gasteiger partial charge in [-0.25, -0.2) is 4.99 Å². The molecule has 1 aliphatic rings. The molecule has 0 saturated carbocycles. The summed E-state index contributed by atoms with van der Waals surface area (Å²) in [4.78, 5) is 4.26. The predicted molar refractivity (Wildman–Crippen MR) is 74.3 cm³/mol. The van der Waals surface area contributed by atoms with Gasteiger partial charge in [-0.2, -0.15) is 0 Å². The minimum Gasteiger partial charge on any atom is -0.239 e. The number of pyridine rings is 1. The lowest BCUT2D eigenvalue weighted by Crippen LogP contribution is -2.34. The van der Waals surface area contributed by atoms with Crippen LogP contribution in [0.3, 0.4) is 0 Å². The van der Waals surface area contributed by atoms with Crippen molar-refractivity contribution in [1.29, 1.82) is 0 Å². The molecular weight excluding hydrogens is 410 g/mol. The molecule has 13 heavy (non-hydrogen) atoms. The molecule has 2 rings (SSSR count). The van der Waals surface area contributed by atoms with Gasteiger partial charge >= 0.3 is 0 Å². The Hall–Kier alpha value is 0.370. The summed E-state index contributed by atoms with van der Waals surface area (Å²) in [6.07, 6.45) is 4.00. The van der Waals surface area contributed by atoms with Gasteiger partial charge in [0.05, 0.1) is 0 Å². The van der Waals surface area contributed by atoms with E-state index in [1.54, 1.807) is 0 Å². The van der Waals surface area contributed by atoms with Crippen molar-refractivity contribution in [3.63, 3.8) is 0 Å². The first kappa shape index (κ1) is 9.91. The fourth-order valence-corrected chi connectivity index (χ4v) is 4.75. The van der Waals surface area contributed by atoms with E-state index in [0.717, 1.165) is 0 Å². The second-order valence-corrected chi connectivity index (χ2v) is 7.23. The van der Waals surface area contributed by atoms with Crippen molar-refractivity contribution in [3.8, 4) is 0 Å². The van der Waals surface area contributed by atoms with Gasteiger partial charge in [-0.3, -0.25) is 0 Å². The Morgan fingerprint density at radius 3 is 2.77 bits per heavy atom. The molecule has 0 saturated heterocycles. The van der Waals surface area contributed by atoms with Gasteiger partial charge in [-0.1, -0.05) is 0 Å². The molecule has 0 aromatic carbocycles. The third-order valence-electron chi connectivity index (χ3n) is 1.60. The number of nitrogens with zero attached hydrogens (tertiary/aromatic N) is 2. The molecule has 1 atom stereocenters. The second kappa shape index (κ2) is 4.26. The maximum Gasteiger partial charge on any atom is 0.253 e. The fourth-order valence-electron chi connectivity index (χ4n) is 1.03. The summed E-state index contributed by atoms with van der Waals surface area (Å²) in [5.74, 6) is 0. The first-order valence-electron chi connectivity index (χ1n) is 3.65. The van der Waals surface area contributed by atoms with Crippen LogP contribution in [0.4, 0.5) is 0 Å². The highest BCUT2D eigenvalue weighted by molar-refractivity contribution is 14.1. The monoisotopic (exact) mass is 417 g/mol. The molecule has 2 heterocycles. The van der Waals surface area contributed by atoms with Crippen LogP contribution in [-0.4, -0.2) is 3.05 Å². The van der Waals surface area contributed by atoms with Crippen molar-refractivity contribution in [2.75, 3.05) is 0 Å². The molecule has 5 heteroatoms. The van der Waals surface area contributed by atoms with Gasteiger partial charge in [0.15, 0.2) is 9.25 Å². The maximum atomic E-state index is 4.26. The lowest BCUT2D eigenvalue weighted by molar-refractivity contribution is -0.510. The molecule has 0 aliphatic carbocycles. The van der Waals surface area contributed by atoms with E-state index < -0.39 is 0 Å². The summed E-state index contributed by atoms with van der Waals surface area (Å²) < 4.78 is 4.70. The van der Waals surface area contributed by atoms with Crippen molar-refractivity contribution in [1.82, 2.24) is 0 Å². The Labute approximate surface area is 107 Å². The fraction of sp³-hybridized carbons (Fsp3) is 0. The average molecular weight is 417 g/mol. The van der Waals surface area contributed by atoms with E-state index in [4.69, 9.17) is 0 Å². The highest BCUT2D eigenvalue weighted by Gasteiger charge is 2.20. The SMILES string of the molecule is IC1=NC=C[SH]1[n+]1ccccc1I. The molecule has 1 aromatic heterocycles. The quantitative estimate of drug-likeness (QED) is 0.313. The van der Waals surface area contributed by atoms with E-state index >= 15 is 0 Å². The van der Waals surface area contributed by atoms with Crippen LogP contribution in [0.25, 0.3) is 0 Å². The van der Waals surface area contributed by atoms with Crippen LogP contribution >= 0.6 is 56.3 Å². The number of aliphatic imine (C=N–C) groups is 1. The zero-order valence-electron chi connectivity index (χ0n) is 6.56. The van der Waals surface area contributed by atoms with E-state index in [0.29, 0.717) is 0 Å². The lowest BCUT2D eigenvalue weighted by atomic mass is 10.5. The number of hydrogen-bond donors (Lipinski definition) is 1. The molecule has 0 radical (unpaired) electrons. The highest BCUT2D eigenvalue weighted by Crippen LogP contribution is 2.32. The van der Waals surface area contributed by atoms with Crippen molar-refractivity contribution >= 4 is 59.3 Å². The van der Waals surface area contributed by atoms with E-state index in [9.17, 15) is 0 Å². The number of aromatic nitrogens is 1. The zero-order valence-corrected chi connectivity index (χ0v) is 11.8. The molecular formula is C8H7I2N2S+. The largest absolute Gasteiger partial charge is 0.253 e. The van der Waals surface area contributed by atoms with Crippen LogP contribution in [0, 0.1) is 3.70 Å². The van der Waals surface area contributed by atoms with Gasteiger partial charge in [0.2, 0.25) is 0 Å². The molecule has 1 aromatic rings. The Kier molecular flexibility index (Phi) is 3.25. The minimum atomic E-state index is -0.357. The van der Waals surface area contributed by atoms with E-state index in [-0.39, 0.29) is 11.1 Å². The average Bonchev–Trinajstić information content (AvgIpc) is 2.52. The summed E-state index contributed by atoms with van der Waals surface area (Å²) in [6.45, 7) is 0. The van der Waals surface area contributed by atoms with E-state index in [1.165, 1.54) is 6.75 Å². The topological polar surface area (TPSA) is 16.2 Å². The molecule has 68 valence electrons. The van der Waals surface area contributed by atoms with Crippen molar-refractivity contribution < 1.29 is 3.97 Å². The normalized spacial score (nSPS) is 23.2. The van der Waals surface area contributed by atoms with Gasteiger partial charge in [-0.05, 0) is 28.7 Å². The van der Waals surface area contributed by atoms with Gasteiger partial charge in [-0.15, -0.1) is 3.97 Å². The lowest BCUT2D eigenvalue weighted by Gasteiger charge is -2.06. The summed E-state index contributed by atoms with van der Waals surface area (Å²) in [5.41, 5.74) is 0. The summed E-state index contributed by atoms with van der Waals surface area (Å²) in [7, 11) is 0. The summed E-state index contributed by atoms with van der Waals surface area (Å²) in [6, 6.07) is 6.22. The first-order valence-corrected chi connectivity index (χ1v) is 7.17. The van der Waals surface area contributed by atoms with Gasteiger partial charge in [0.25, 0.3) is 3.70 Å². The third kappa shape index (κ3) is 2.07. The van der Waals surface area contributed by atoms with Crippen LogP contribution in [0.15, 0.2) is 41.0 Å². The van der Waals surface area contributed by atoms with Crippen LogP contribution in [0.2, 0.25) is 0 Å². The number of hydrogen-bond acceptors (Lipinski definition) is 1. The number of rotatable bonds is 1. The molecule has 1 aliphatic heterocycles. The third-order valence-corrected chi connectivity index (χ3v) is 6.35. The number of thiol groups is 1. The molecule has 0 spiro atoms. The first-order chi connectivity index (χ1) is 6.29. The van der Waals surface area contributed by atoms with Gasteiger partial charge in [0.1, 0.15) is 0 Å². The molecule has 2 nitrogen and oxygen atoms in total. The van der Waals surface area contributed by atoms with Gasteiger partial charge in [0, 0.05) is 57.4 Å². The molecule has 0 fully saturated rings. The minimum absolute atomic E-state index is 0.357.